The number of nitrogens with one attached hydrogen (secondary N) is 1. The van der Waals surface area contributed by atoms with Crippen LogP contribution in [0.25, 0.3) is 0 Å². The molecule has 0 aromatic carbocycles. The van der Waals surface area contributed by atoms with Crippen LogP contribution in [-0.4, -0.2) is 61.5 Å². The van der Waals surface area contributed by atoms with E-state index in [0.29, 0.717) is 24.6 Å². The van der Waals surface area contributed by atoms with Crippen molar-refractivity contribution >= 4 is 0 Å². The lowest BCUT2D eigenvalue weighted by Gasteiger charge is -2.47. The van der Waals surface area contributed by atoms with E-state index < -0.39 is 6.10 Å². The molecule has 1 aliphatic rings. The Labute approximate surface area is 124 Å². The van der Waals surface area contributed by atoms with Crippen molar-refractivity contribution in [1.29, 1.82) is 0 Å². The molecule has 1 rings (SSSR count). The molecular formula is C16H34N2O2. The lowest BCUT2D eigenvalue weighted by atomic mass is 9.75. The second-order valence-electron chi connectivity index (χ2n) is 7.03. The van der Waals surface area contributed by atoms with Crippen LogP contribution < -0.4 is 5.32 Å². The van der Waals surface area contributed by atoms with Gasteiger partial charge in [0.2, 0.25) is 0 Å². The Bertz CT molecular complexity index is 265. The maximum absolute atomic E-state index is 9.96. The molecule has 2 unspecified atom stereocenters. The first-order valence-electron chi connectivity index (χ1n) is 8.03. The van der Waals surface area contributed by atoms with Crippen molar-refractivity contribution in [3.05, 3.63) is 0 Å². The highest BCUT2D eigenvalue weighted by Crippen LogP contribution is 2.35. The van der Waals surface area contributed by atoms with E-state index in [1.165, 1.54) is 19.3 Å². The number of rotatable bonds is 10. The third-order valence-electron chi connectivity index (χ3n) is 4.44. The molecule has 2 atom stereocenters. The fourth-order valence-corrected chi connectivity index (χ4v) is 2.90. The molecule has 0 spiro atoms. The van der Waals surface area contributed by atoms with Gasteiger partial charge in [0.15, 0.2) is 0 Å². The summed E-state index contributed by atoms with van der Waals surface area (Å²) in [6, 6.07) is 0. The summed E-state index contributed by atoms with van der Waals surface area (Å²) in [5.41, 5.74) is 0.311. The van der Waals surface area contributed by atoms with Crippen LogP contribution >= 0.6 is 0 Å². The highest BCUT2D eigenvalue weighted by Gasteiger charge is 2.38. The fourth-order valence-electron chi connectivity index (χ4n) is 2.90. The van der Waals surface area contributed by atoms with E-state index in [2.05, 4.69) is 45.1 Å². The summed E-state index contributed by atoms with van der Waals surface area (Å²) in [6.07, 6.45) is 4.69. The van der Waals surface area contributed by atoms with Crippen molar-refractivity contribution in [3.8, 4) is 0 Å². The van der Waals surface area contributed by atoms with Gasteiger partial charge in [-0.15, -0.1) is 0 Å². The van der Waals surface area contributed by atoms with Crippen LogP contribution in [0.1, 0.15) is 46.5 Å². The molecule has 1 fully saturated rings. The number of aliphatic hydroxyl groups excluding tert-OH is 1. The fraction of sp³-hybridized carbons (Fsp3) is 1.00. The molecule has 120 valence electrons. The Morgan fingerprint density at radius 3 is 2.35 bits per heavy atom. The minimum Gasteiger partial charge on any atom is -0.389 e. The normalized spacial score (nSPS) is 21.0. The van der Waals surface area contributed by atoms with Crippen LogP contribution in [0.15, 0.2) is 0 Å². The zero-order valence-corrected chi connectivity index (χ0v) is 14.0. The second-order valence-corrected chi connectivity index (χ2v) is 7.03. The van der Waals surface area contributed by atoms with Gasteiger partial charge in [0.05, 0.1) is 18.8 Å². The van der Waals surface area contributed by atoms with Gasteiger partial charge in [-0.3, -0.25) is 0 Å². The van der Waals surface area contributed by atoms with E-state index in [-0.39, 0.29) is 6.10 Å². The van der Waals surface area contributed by atoms with Crippen LogP contribution in [0, 0.1) is 5.92 Å². The van der Waals surface area contributed by atoms with Crippen molar-refractivity contribution in [1.82, 2.24) is 10.2 Å². The molecule has 1 aliphatic carbocycles. The van der Waals surface area contributed by atoms with Crippen LogP contribution in [0.2, 0.25) is 0 Å². The number of hydrogen-bond acceptors (Lipinski definition) is 4. The van der Waals surface area contributed by atoms with Gasteiger partial charge in [-0.25, -0.2) is 0 Å². The average molecular weight is 286 g/mol. The van der Waals surface area contributed by atoms with E-state index in [0.717, 1.165) is 13.0 Å². The molecule has 0 aromatic rings. The topological polar surface area (TPSA) is 44.7 Å². The zero-order valence-electron chi connectivity index (χ0n) is 14.0. The first kappa shape index (κ1) is 17.9. The van der Waals surface area contributed by atoms with Gasteiger partial charge in [0.1, 0.15) is 0 Å². The Morgan fingerprint density at radius 2 is 1.90 bits per heavy atom. The standard InChI is InChI=1S/C16H34N2O2/c1-13(2)9-14(3)20-11-15(19)10-17-12-16(18(4)5)7-6-8-16/h13-15,17,19H,6-12H2,1-5H3. The minimum atomic E-state index is -0.413. The molecular weight excluding hydrogens is 252 g/mol. The molecule has 0 heterocycles. The van der Waals surface area contributed by atoms with Gasteiger partial charge in [0, 0.05) is 18.6 Å². The van der Waals surface area contributed by atoms with Gasteiger partial charge in [-0.2, -0.15) is 0 Å². The molecule has 0 radical (unpaired) electrons. The monoisotopic (exact) mass is 286 g/mol. The molecule has 2 N–H and O–H groups in total. The Hall–Kier alpha value is -0.160. The van der Waals surface area contributed by atoms with E-state index >= 15 is 0 Å². The first-order chi connectivity index (χ1) is 9.35. The number of ether oxygens (including phenoxy) is 1. The zero-order chi connectivity index (χ0) is 15.2. The quantitative estimate of drug-likeness (QED) is 0.643. The van der Waals surface area contributed by atoms with Crippen molar-refractivity contribution in [2.45, 2.75) is 64.2 Å². The molecule has 0 aliphatic heterocycles. The summed E-state index contributed by atoms with van der Waals surface area (Å²) in [4.78, 5) is 2.32. The van der Waals surface area contributed by atoms with E-state index in [1.807, 2.05) is 0 Å². The highest BCUT2D eigenvalue weighted by atomic mass is 16.5. The van der Waals surface area contributed by atoms with E-state index in [4.69, 9.17) is 4.74 Å². The number of nitrogens with zero attached hydrogens (tertiary/aromatic N) is 1. The van der Waals surface area contributed by atoms with Crippen LogP contribution in [0.5, 0.6) is 0 Å². The summed E-state index contributed by atoms with van der Waals surface area (Å²) in [7, 11) is 4.29. The van der Waals surface area contributed by atoms with Gasteiger partial charge in [-0.1, -0.05) is 13.8 Å². The minimum absolute atomic E-state index is 0.226. The third kappa shape index (κ3) is 5.68. The Balaban J connectivity index is 2.12. The van der Waals surface area contributed by atoms with Crippen LogP contribution in [-0.2, 0) is 4.74 Å². The van der Waals surface area contributed by atoms with Gasteiger partial charge >= 0.3 is 0 Å². The highest BCUT2D eigenvalue weighted by molar-refractivity contribution is 4.97. The predicted molar refractivity (Wildman–Crippen MR) is 84.0 cm³/mol. The van der Waals surface area contributed by atoms with Crippen molar-refractivity contribution < 1.29 is 9.84 Å². The summed E-state index contributed by atoms with van der Waals surface area (Å²) in [6.45, 7) is 8.46. The maximum atomic E-state index is 9.96. The summed E-state index contributed by atoms with van der Waals surface area (Å²) < 4.78 is 5.68. The van der Waals surface area contributed by atoms with Crippen molar-refractivity contribution in [2.75, 3.05) is 33.8 Å². The Morgan fingerprint density at radius 1 is 1.25 bits per heavy atom. The van der Waals surface area contributed by atoms with E-state index in [9.17, 15) is 5.11 Å². The van der Waals surface area contributed by atoms with Gasteiger partial charge < -0.3 is 20.1 Å². The summed E-state index contributed by atoms with van der Waals surface area (Å²) in [5, 5.41) is 13.4. The number of aliphatic hydroxyl groups is 1. The van der Waals surface area contributed by atoms with Crippen LogP contribution in [0.4, 0.5) is 0 Å². The molecule has 4 heteroatoms. The Kier molecular flexibility index (Phi) is 7.45. The third-order valence-corrected chi connectivity index (χ3v) is 4.44. The molecule has 1 saturated carbocycles. The average Bonchev–Trinajstić information content (AvgIpc) is 2.28. The first-order valence-corrected chi connectivity index (χ1v) is 8.03. The van der Waals surface area contributed by atoms with E-state index in [1.54, 1.807) is 0 Å². The largest absolute Gasteiger partial charge is 0.389 e. The molecule has 0 amide bonds. The maximum Gasteiger partial charge on any atom is 0.0897 e. The van der Waals surface area contributed by atoms with Crippen molar-refractivity contribution in [3.63, 3.8) is 0 Å². The second kappa shape index (κ2) is 8.32. The summed E-state index contributed by atoms with van der Waals surface area (Å²) >= 11 is 0. The van der Waals surface area contributed by atoms with Crippen LogP contribution in [0.3, 0.4) is 0 Å². The smallest absolute Gasteiger partial charge is 0.0897 e. The summed E-state index contributed by atoms with van der Waals surface area (Å²) in [5.74, 6) is 0.638. The number of likely N-dealkylation sites (N-methyl/N-ethyl adjacent to an activating group) is 1. The molecule has 0 saturated heterocycles. The SMILES string of the molecule is CC(C)CC(C)OCC(O)CNCC1(N(C)C)CCC1. The molecule has 20 heavy (non-hydrogen) atoms. The van der Waals surface area contributed by atoms with Gasteiger partial charge in [0.25, 0.3) is 0 Å². The van der Waals surface area contributed by atoms with Gasteiger partial charge in [-0.05, 0) is 52.6 Å². The molecule has 4 nitrogen and oxygen atoms in total. The van der Waals surface area contributed by atoms with Crippen molar-refractivity contribution in [2.24, 2.45) is 5.92 Å². The number of hydrogen-bond donors (Lipinski definition) is 2. The molecule has 0 bridgehead atoms. The molecule has 0 aromatic heterocycles. The lowest BCUT2D eigenvalue weighted by molar-refractivity contribution is -0.0113. The lowest BCUT2D eigenvalue weighted by Crippen LogP contribution is -2.57. The predicted octanol–water partition coefficient (Wildman–Crippen LogP) is 1.87.